The molecule has 2 saturated heterocycles. The highest BCUT2D eigenvalue weighted by Gasteiger charge is 2.21. The average molecular weight is 542 g/mol. The molecular formula is C24H40IN5O. The monoisotopic (exact) mass is 541 g/mol. The Balaban J connectivity index is 0.00000341. The van der Waals surface area contributed by atoms with E-state index in [1.54, 1.807) is 0 Å². The van der Waals surface area contributed by atoms with E-state index in [0.29, 0.717) is 25.6 Å². The van der Waals surface area contributed by atoms with Crippen LogP contribution in [0.2, 0.25) is 0 Å². The van der Waals surface area contributed by atoms with Gasteiger partial charge in [0.25, 0.3) is 0 Å². The number of guanidine groups is 1. The molecule has 2 N–H and O–H groups in total. The van der Waals surface area contributed by atoms with Crippen LogP contribution in [0.3, 0.4) is 0 Å². The molecule has 31 heavy (non-hydrogen) atoms. The Morgan fingerprint density at radius 3 is 2.58 bits per heavy atom. The number of rotatable bonds is 8. The van der Waals surface area contributed by atoms with Crippen LogP contribution in [0, 0.1) is 5.92 Å². The van der Waals surface area contributed by atoms with Crippen LogP contribution in [0.25, 0.3) is 0 Å². The molecule has 0 saturated carbocycles. The molecule has 0 atom stereocenters. The van der Waals surface area contributed by atoms with Crippen LogP contribution in [-0.2, 0) is 17.9 Å². The fourth-order valence-electron chi connectivity index (χ4n) is 4.38. The lowest BCUT2D eigenvalue weighted by atomic mass is 10.0. The minimum Gasteiger partial charge on any atom is -0.357 e. The molecule has 7 heteroatoms. The van der Waals surface area contributed by atoms with Crippen molar-refractivity contribution in [3.63, 3.8) is 0 Å². The van der Waals surface area contributed by atoms with E-state index < -0.39 is 0 Å². The lowest BCUT2D eigenvalue weighted by molar-refractivity contribution is -0.128. The van der Waals surface area contributed by atoms with Crippen LogP contribution >= 0.6 is 24.0 Å². The molecule has 1 amide bonds. The van der Waals surface area contributed by atoms with Crippen molar-refractivity contribution in [3.8, 4) is 0 Å². The van der Waals surface area contributed by atoms with Gasteiger partial charge in [-0.3, -0.25) is 4.79 Å². The molecule has 174 valence electrons. The van der Waals surface area contributed by atoms with Crippen LogP contribution in [-0.4, -0.2) is 60.4 Å². The molecule has 2 aliphatic heterocycles. The van der Waals surface area contributed by atoms with E-state index in [4.69, 9.17) is 4.99 Å². The van der Waals surface area contributed by atoms with Crippen molar-refractivity contribution in [1.29, 1.82) is 0 Å². The standard InChI is InChI=1S/C24H39N5O.HI/c1-4-25-24(27-22-10-13-28(14-11-22)17-19(2)3)26-16-20-7-5-8-21(15-20)18-29-12-6-9-23(29)30;/h5,7-8,15,19,22H,4,6,9-14,16-18H2,1-3H3,(H2,25,26,27);1H. The first-order valence-electron chi connectivity index (χ1n) is 11.7. The minimum atomic E-state index is 0. The fourth-order valence-corrected chi connectivity index (χ4v) is 4.38. The second kappa shape index (κ2) is 13.3. The number of aliphatic imine (C=N–C) groups is 1. The maximum atomic E-state index is 11.9. The van der Waals surface area contributed by atoms with Crippen molar-refractivity contribution in [1.82, 2.24) is 20.4 Å². The van der Waals surface area contributed by atoms with Gasteiger partial charge in [-0.2, -0.15) is 0 Å². The van der Waals surface area contributed by atoms with Gasteiger partial charge in [0.2, 0.25) is 5.91 Å². The van der Waals surface area contributed by atoms with E-state index in [1.165, 1.54) is 17.7 Å². The number of carbonyl (C=O) groups excluding carboxylic acids is 1. The molecule has 2 aliphatic rings. The number of piperidine rings is 1. The van der Waals surface area contributed by atoms with E-state index >= 15 is 0 Å². The molecule has 1 aromatic rings. The number of hydrogen-bond donors (Lipinski definition) is 2. The van der Waals surface area contributed by atoms with Crippen LogP contribution in [0.5, 0.6) is 0 Å². The first-order chi connectivity index (χ1) is 14.5. The number of carbonyl (C=O) groups is 1. The van der Waals surface area contributed by atoms with E-state index in [-0.39, 0.29) is 29.9 Å². The van der Waals surface area contributed by atoms with E-state index in [1.807, 2.05) is 4.90 Å². The number of nitrogens with zero attached hydrogens (tertiary/aromatic N) is 3. The second-order valence-corrected chi connectivity index (χ2v) is 9.05. The van der Waals surface area contributed by atoms with Gasteiger partial charge in [-0.25, -0.2) is 4.99 Å². The summed E-state index contributed by atoms with van der Waals surface area (Å²) in [6.45, 7) is 13.3. The number of benzene rings is 1. The second-order valence-electron chi connectivity index (χ2n) is 9.05. The zero-order valence-electron chi connectivity index (χ0n) is 19.4. The minimum absolute atomic E-state index is 0. The first-order valence-corrected chi connectivity index (χ1v) is 11.7. The van der Waals surface area contributed by atoms with E-state index in [0.717, 1.165) is 57.3 Å². The maximum absolute atomic E-state index is 11.9. The normalized spacial score (nSPS) is 18.4. The molecule has 0 unspecified atom stereocenters. The number of likely N-dealkylation sites (tertiary alicyclic amines) is 2. The third kappa shape index (κ3) is 8.60. The molecular weight excluding hydrogens is 501 g/mol. The Bertz CT molecular complexity index is 716. The summed E-state index contributed by atoms with van der Waals surface area (Å²) < 4.78 is 0. The van der Waals surface area contributed by atoms with Crippen molar-refractivity contribution in [2.75, 3.05) is 32.7 Å². The Morgan fingerprint density at radius 2 is 1.94 bits per heavy atom. The molecule has 2 heterocycles. The lowest BCUT2D eigenvalue weighted by Gasteiger charge is -2.34. The summed E-state index contributed by atoms with van der Waals surface area (Å²) in [5, 5.41) is 7.03. The quantitative estimate of drug-likeness (QED) is 0.300. The summed E-state index contributed by atoms with van der Waals surface area (Å²) in [7, 11) is 0. The maximum Gasteiger partial charge on any atom is 0.222 e. The smallest absolute Gasteiger partial charge is 0.222 e. The van der Waals surface area contributed by atoms with Gasteiger partial charge in [-0.1, -0.05) is 38.1 Å². The van der Waals surface area contributed by atoms with Crippen molar-refractivity contribution in [2.24, 2.45) is 10.9 Å². The summed E-state index contributed by atoms with van der Waals surface area (Å²) in [5.41, 5.74) is 2.37. The Kier molecular flexibility index (Phi) is 11.1. The van der Waals surface area contributed by atoms with Crippen molar-refractivity contribution >= 4 is 35.8 Å². The van der Waals surface area contributed by atoms with Gasteiger partial charge >= 0.3 is 0 Å². The number of halogens is 1. The summed E-state index contributed by atoms with van der Waals surface area (Å²) in [5.74, 6) is 1.91. The molecule has 0 aliphatic carbocycles. The van der Waals surface area contributed by atoms with Crippen LogP contribution in [0.1, 0.15) is 57.6 Å². The van der Waals surface area contributed by atoms with Crippen LogP contribution < -0.4 is 10.6 Å². The highest BCUT2D eigenvalue weighted by Crippen LogP contribution is 2.16. The largest absolute Gasteiger partial charge is 0.357 e. The number of amides is 1. The molecule has 6 nitrogen and oxygen atoms in total. The topological polar surface area (TPSA) is 60.0 Å². The predicted octanol–water partition coefficient (Wildman–Crippen LogP) is 3.60. The molecule has 3 rings (SSSR count). The fraction of sp³-hybridized carbons (Fsp3) is 0.667. The number of nitrogens with one attached hydrogen (secondary N) is 2. The van der Waals surface area contributed by atoms with Crippen LogP contribution in [0.15, 0.2) is 29.3 Å². The Morgan fingerprint density at radius 1 is 1.19 bits per heavy atom. The molecule has 1 aromatic carbocycles. The first kappa shape index (κ1) is 25.9. The highest BCUT2D eigenvalue weighted by molar-refractivity contribution is 14.0. The third-order valence-corrected chi connectivity index (χ3v) is 5.85. The van der Waals surface area contributed by atoms with E-state index in [9.17, 15) is 4.79 Å². The summed E-state index contributed by atoms with van der Waals surface area (Å²) in [6, 6.07) is 8.97. The predicted molar refractivity (Wildman–Crippen MR) is 139 cm³/mol. The van der Waals surface area contributed by atoms with E-state index in [2.05, 4.69) is 60.6 Å². The highest BCUT2D eigenvalue weighted by atomic mass is 127. The molecule has 0 radical (unpaired) electrons. The lowest BCUT2D eigenvalue weighted by Crippen LogP contribution is -2.49. The van der Waals surface area contributed by atoms with Gasteiger partial charge in [0.1, 0.15) is 0 Å². The Labute approximate surface area is 205 Å². The van der Waals surface area contributed by atoms with Gasteiger partial charge < -0.3 is 20.4 Å². The average Bonchev–Trinajstić information content (AvgIpc) is 3.12. The molecule has 2 fully saturated rings. The SMILES string of the molecule is CCNC(=NCc1cccc(CN2CCCC2=O)c1)NC1CCN(CC(C)C)CC1.I. The third-order valence-electron chi connectivity index (χ3n) is 5.85. The van der Waals surface area contributed by atoms with Gasteiger partial charge in [-0.05, 0) is 43.2 Å². The zero-order valence-corrected chi connectivity index (χ0v) is 21.7. The number of hydrogen-bond acceptors (Lipinski definition) is 3. The summed E-state index contributed by atoms with van der Waals surface area (Å²) in [4.78, 5) is 21.3. The van der Waals surface area contributed by atoms with Gasteiger partial charge in [0, 0.05) is 51.7 Å². The van der Waals surface area contributed by atoms with Crippen LogP contribution in [0.4, 0.5) is 0 Å². The van der Waals surface area contributed by atoms with Gasteiger partial charge in [0.05, 0.1) is 6.54 Å². The zero-order chi connectivity index (χ0) is 21.3. The van der Waals surface area contributed by atoms with Crippen molar-refractivity contribution in [3.05, 3.63) is 35.4 Å². The van der Waals surface area contributed by atoms with Crippen molar-refractivity contribution < 1.29 is 4.79 Å². The van der Waals surface area contributed by atoms with Crippen molar-refractivity contribution in [2.45, 2.75) is 65.6 Å². The molecule has 0 spiro atoms. The summed E-state index contributed by atoms with van der Waals surface area (Å²) >= 11 is 0. The molecule has 0 aromatic heterocycles. The van der Waals surface area contributed by atoms with Gasteiger partial charge in [0.15, 0.2) is 5.96 Å². The van der Waals surface area contributed by atoms with Gasteiger partial charge in [-0.15, -0.1) is 24.0 Å². The molecule has 0 bridgehead atoms. The Hall–Kier alpha value is -1.35. The summed E-state index contributed by atoms with van der Waals surface area (Å²) in [6.07, 6.45) is 4.00.